The van der Waals surface area contributed by atoms with Crippen LogP contribution >= 0.6 is 11.8 Å². The van der Waals surface area contributed by atoms with Crippen molar-refractivity contribution in [3.05, 3.63) is 23.4 Å². The number of nitrogens with two attached hydrogens (primary N) is 1. The zero-order chi connectivity index (χ0) is 13.8. The second-order valence-corrected chi connectivity index (χ2v) is 5.81. The number of hydrogen-bond donors (Lipinski definition) is 2. The molecule has 1 aromatic rings. The van der Waals surface area contributed by atoms with Crippen LogP contribution < -0.4 is 11.3 Å². The van der Waals surface area contributed by atoms with Gasteiger partial charge in [-0.15, -0.1) is 0 Å². The number of pyridine rings is 1. The fourth-order valence-electron chi connectivity index (χ4n) is 2.16. The molecule has 1 fully saturated rings. The molecular weight excluding hydrogens is 260 g/mol. The first kappa shape index (κ1) is 14.1. The van der Waals surface area contributed by atoms with Crippen LogP contribution in [-0.2, 0) is 6.42 Å². The van der Waals surface area contributed by atoms with Gasteiger partial charge in [-0.2, -0.15) is 11.8 Å². The van der Waals surface area contributed by atoms with E-state index in [4.69, 9.17) is 5.84 Å². The average molecular weight is 280 g/mol. The van der Waals surface area contributed by atoms with Crippen LogP contribution in [0.1, 0.15) is 29.4 Å². The first-order valence-electron chi connectivity index (χ1n) is 6.48. The summed E-state index contributed by atoms with van der Waals surface area (Å²) in [4.78, 5) is 18.6. The van der Waals surface area contributed by atoms with Crippen LogP contribution in [0.2, 0.25) is 0 Å². The Hall–Kier alpha value is -1.27. The van der Waals surface area contributed by atoms with Gasteiger partial charge in [0.05, 0.1) is 0 Å². The first-order valence-corrected chi connectivity index (χ1v) is 7.63. The van der Waals surface area contributed by atoms with Gasteiger partial charge >= 0.3 is 0 Å². The molecule has 1 unspecified atom stereocenters. The molecule has 0 spiro atoms. The Morgan fingerprint density at radius 3 is 3.00 bits per heavy atom. The Morgan fingerprint density at radius 2 is 2.42 bits per heavy atom. The minimum atomic E-state index is 0.0427. The van der Waals surface area contributed by atoms with E-state index in [1.807, 2.05) is 36.7 Å². The van der Waals surface area contributed by atoms with Crippen molar-refractivity contribution < 1.29 is 4.79 Å². The van der Waals surface area contributed by atoms with Crippen molar-refractivity contribution in [2.24, 2.45) is 5.84 Å². The predicted molar refractivity (Wildman–Crippen MR) is 79.2 cm³/mol. The smallest absolute Gasteiger partial charge is 0.254 e. The fourth-order valence-corrected chi connectivity index (χ4v) is 3.43. The number of carbonyl (C=O) groups excluding carboxylic acids is 1. The molecule has 0 radical (unpaired) electrons. The minimum Gasteiger partial charge on any atom is -0.338 e. The van der Waals surface area contributed by atoms with Gasteiger partial charge in [0.2, 0.25) is 0 Å². The van der Waals surface area contributed by atoms with Gasteiger partial charge in [0.25, 0.3) is 5.91 Å². The van der Waals surface area contributed by atoms with E-state index in [0.29, 0.717) is 17.4 Å². The summed E-state index contributed by atoms with van der Waals surface area (Å²) >= 11 is 1.90. The number of nitrogens with zero attached hydrogens (tertiary/aromatic N) is 2. The Kier molecular flexibility index (Phi) is 4.66. The maximum atomic E-state index is 12.5. The summed E-state index contributed by atoms with van der Waals surface area (Å²) in [6, 6.07) is 3.90. The van der Waals surface area contributed by atoms with E-state index in [-0.39, 0.29) is 5.91 Å². The Balaban J connectivity index is 2.21. The van der Waals surface area contributed by atoms with Gasteiger partial charge in [-0.3, -0.25) is 4.79 Å². The Labute approximate surface area is 117 Å². The number of rotatable bonds is 4. The van der Waals surface area contributed by atoms with E-state index in [0.717, 1.165) is 30.0 Å². The van der Waals surface area contributed by atoms with E-state index in [1.165, 1.54) is 0 Å². The lowest BCUT2D eigenvalue weighted by Crippen LogP contribution is -2.37. The quantitative estimate of drug-likeness (QED) is 0.646. The van der Waals surface area contributed by atoms with Gasteiger partial charge < -0.3 is 10.3 Å². The molecule has 2 rings (SSSR count). The average Bonchev–Trinajstić information content (AvgIpc) is 2.99. The van der Waals surface area contributed by atoms with Crippen molar-refractivity contribution in [1.29, 1.82) is 0 Å². The summed E-state index contributed by atoms with van der Waals surface area (Å²) in [5, 5.41) is 0. The molecule has 0 saturated carbocycles. The molecule has 1 atom stereocenters. The van der Waals surface area contributed by atoms with Crippen LogP contribution in [0.25, 0.3) is 0 Å². The summed E-state index contributed by atoms with van der Waals surface area (Å²) in [5.41, 5.74) is 4.04. The van der Waals surface area contributed by atoms with Gasteiger partial charge in [0.1, 0.15) is 5.82 Å². The molecule has 0 aromatic carbocycles. The maximum absolute atomic E-state index is 12.5. The van der Waals surface area contributed by atoms with Crippen molar-refractivity contribution in [1.82, 2.24) is 9.88 Å². The standard InChI is InChI=1S/C13H20N4OS/c1-3-10-6-9(7-12(15-10)16-14)13(18)17(2)11-4-5-19-8-11/h6-7,11H,3-5,8,14H2,1-2H3,(H,15,16). The summed E-state index contributed by atoms with van der Waals surface area (Å²) in [5.74, 6) is 8.14. The molecule has 0 aliphatic carbocycles. The van der Waals surface area contributed by atoms with Gasteiger partial charge in [-0.05, 0) is 30.7 Å². The number of hydrazine groups is 1. The van der Waals surface area contributed by atoms with Gasteiger partial charge in [0.15, 0.2) is 0 Å². The van der Waals surface area contributed by atoms with Crippen LogP contribution in [0.5, 0.6) is 0 Å². The number of amides is 1. The summed E-state index contributed by atoms with van der Waals surface area (Å²) in [6.07, 6.45) is 1.85. The monoisotopic (exact) mass is 280 g/mol. The lowest BCUT2D eigenvalue weighted by Gasteiger charge is -2.24. The Bertz CT molecular complexity index is 438. The molecule has 6 heteroatoms. The van der Waals surface area contributed by atoms with E-state index in [9.17, 15) is 4.79 Å². The second-order valence-electron chi connectivity index (χ2n) is 4.66. The molecule has 3 N–H and O–H groups in total. The lowest BCUT2D eigenvalue weighted by atomic mass is 10.1. The third-order valence-electron chi connectivity index (χ3n) is 3.41. The molecule has 1 aromatic heterocycles. The number of thioether (sulfide) groups is 1. The number of hydrogen-bond acceptors (Lipinski definition) is 5. The molecule has 1 aliphatic heterocycles. The molecule has 1 amide bonds. The number of carbonyl (C=O) groups is 1. The summed E-state index contributed by atoms with van der Waals surface area (Å²) < 4.78 is 0. The van der Waals surface area contributed by atoms with Crippen molar-refractivity contribution in [3.63, 3.8) is 0 Å². The normalized spacial score (nSPS) is 18.4. The van der Waals surface area contributed by atoms with Crippen molar-refractivity contribution in [3.8, 4) is 0 Å². The van der Waals surface area contributed by atoms with Crippen LogP contribution in [0.4, 0.5) is 5.82 Å². The number of nitrogens with one attached hydrogen (secondary N) is 1. The molecule has 2 heterocycles. The maximum Gasteiger partial charge on any atom is 0.254 e. The summed E-state index contributed by atoms with van der Waals surface area (Å²) in [7, 11) is 1.88. The van der Waals surface area contributed by atoms with E-state index < -0.39 is 0 Å². The van der Waals surface area contributed by atoms with E-state index in [1.54, 1.807) is 6.07 Å². The third kappa shape index (κ3) is 3.19. The number of aryl methyl sites for hydroxylation is 1. The largest absolute Gasteiger partial charge is 0.338 e. The molecule has 19 heavy (non-hydrogen) atoms. The highest BCUT2D eigenvalue weighted by molar-refractivity contribution is 7.99. The van der Waals surface area contributed by atoms with Crippen LogP contribution in [0.3, 0.4) is 0 Å². The minimum absolute atomic E-state index is 0.0427. The summed E-state index contributed by atoms with van der Waals surface area (Å²) in [6.45, 7) is 2.01. The van der Waals surface area contributed by atoms with Crippen LogP contribution in [0.15, 0.2) is 12.1 Å². The number of anilines is 1. The topological polar surface area (TPSA) is 71.2 Å². The second kappa shape index (κ2) is 6.25. The molecule has 1 aliphatic rings. The molecule has 0 bridgehead atoms. The van der Waals surface area contributed by atoms with Crippen molar-refractivity contribution in [2.75, 3.05) is 24.0 Å². The fraction of sp³-hybridized carbons (Fsp3) is 0.538. The van der Waals surface area contributed by atoms with Crippen LogP contribution in [-0.4, -0.2) is 40.4 Å². The highest BCUT2D eigenvalue weighted by atomic mass is 32.2. The predicted octanol–water partition coefficient (Wildman–Crippen LogP) is 1.51. The Morgan fingerprint density at radius 1 is 1.63 bits per heavy atom. The van der Waals surface area contributed by atoms with Crippen molar-refractivity contribution in [2.45, 2.75) is 25.8 Å². The molecule has 104 valence electrons. The third-order valence-corrected chi connectivity index (χ3v) is 4.55. The number of aromatic nitrogens is 1. The van der Waals surface area contributed by atoms with Gasteiger partial charge in [-0.1, -0.05) is 6.92 Å². The molecule has 1 saturated heterocycles. The molecular formula is C13H20N4OS. The highest BCUT2D eigenvalue weighted by Gasteiger charge is 2.25. The molecule has 5 nitrogen and oxygen atoms in total. The zero-order valence-electron chi connectivity index (χ0n) is 11.3. The first-order chi connectivity index (χ1) is 9.15. The SMILES string of the molecule is CCc1cc(C(=O)N(C)C2CCSC2)cc(NN)n1. The van der Waals surface area contributed by atoms with Crippen LogP contribution in [0, 0.1) is 0 Å². The lowest BCUT2D eigenvalue weighted by molar-refractivity contribution is 0.0747. The van der Waals surface area contributed by atoms with Gasteiger partial charge in [-0.25, -0.2) is 10.8 Å². The van der Waals surface area contributed by atoms with Crippen molar-refractivity contribution >= 4 is 23.5 Å². The van der Waals surface area contributed by atoms with E-state index >= 15 is 0 Å². The van der Waals surface area contributed by atoms with Gasteiger partial charge in [0, 0.05) is 30.1 Å². The van der Waals surface area contributed by atoms with E-state index in [2.05, 4.69) is 10.4 Å². The number of nitrogen functional groups attached to an aromatic ring is 1. The zero-order valence-corrected chi connectivity index (χ0v) is 12.2. The highest BCUT2D eigenvalue weighted by Crippen LogP contribution is 2.23.